The second-order valence-electron chi connectivity index (χ2n) is 7.63. The van der Waals surface area contributed by atoms with E-state index in [0.29, 0.717) is 32.7 Å². The van der Waals surface area contributed by atoms with Gasteiger partial charge in [0, 0.05) is 36.3 Å². The molecule has 0 radical (unpaired) electrons. The molecule has 2 aromatic carbocycles. The first-order valence-corrected chi connectivity index (χ1v) is 11.4. The molecule has 0 spiro atoms. The number of carbonyl (C=O) groups is 1. The fraction of sp³-hybridized carbons (Fsp3) is 0.280. The van der Waals surface area contributed by atoms with Crippen molar-refractivity contribution in [2.45, 2.75) is 28.9 Å². The fourth-order valence-electron chi connectivity index (χ4n) is 3.71. The van der Waals surface area contributed by atoms with E-state index in [2.05, 4.69) is 23.2 Å². The van der Waals surface area contributed by atoms with E-state index in [1.807, 2.05) is 54.0 Å². The molecule has 1 amide bonds. The molecule has 6 nitrogen and oxygen atoms in total. The number of hydrogen-bond acceptors (Lipinski definition) is 6. The highest BCUT2D eigenvalue weighted by Gasteiger charge is 2.41. The van der Waals surface area contributed by atoms with Gasteiger partial charge in [0.15, 0.2) is 0 Å². The molecule has 1 aliphatic rings. The van der Waals surface area contributed by atoms with Crippen LogP contribution in [0.5, 0.6) is 5.75 Å². The van der Waals surface area contributed by atoms with Crippen molar-refractivity contribution in [3.8, 4) is 17.0 Å². The molecule has 1 saturated heterocycles. The zero-order valence-corrected chi connectivity index (χ0v) is 18.5. The molecular weight excluding hydrogens is 424 g/mol. The molecule has 3 aromatic rings. The van der Waals surface area contributed by atoms with Crippen LogP contribution in [0.15, 0.2) is 77.8 Å². The quantitative estimate of drug-likeness (QED) is 0.388. The molecule has 7 heteroatoms. The van der Waals surface area contributed by atoms with Gasteiger partial charge in [-0.15, -0.1) is 11.8 Å². The Kier molecular flexibility index (Phi) is 7.42. The zero-order chi connectivity index (χ0) is 22.2. The number of pyridine rings is 1. The Morgan fingerprint density at radius 2 is 1.91 bits per heavy atom. The van der Waals surface area contributed by atoms with E-state index in [9.17, 15) is 10.0 Å². The summed E-state index contributed by atoms with van der Waals surface area (Å²) in [5, 5.41) is 9.17. The Labute approximate surface area is 191 Å². The highest BCUT2D eigenvalue weighted by Crippen LogP contribution is 2.41. The number of rotatable bonds is 8. The Hall–Kier alpha value is -2.87. The monoisotopic (exact) mass is 450 g/mol. The predicted octanol–water partition coefficient (Wildman–Crippen LogP) is 4.52. The first-order valence-electron chi connectivity index (χ1n) is 10.6. The number of benzene rings is 2. The van der Waals surface area contributed by atoms with Crippen LogP contribution < -0.4 is 10.2 Å². The molecule has 0 unspecified atom stereocenters. The van der Waals surface area contributed by atoms with Crippen LogP contribution in [0.3, 0.4) is 0 Å². The van der Waals surface area contributed by atoms with E-state index in [0.717, 1.165) is 28.3 Å². The van der Waals surface area contributed by atoms with Crippen molar-refractivity contribution in [3.05, 3.63) is 78.5 Å². The number of aromatic nitrogens is 1. The normalized spacial score (nSPS) is 15.2. The van der Waals surface area contributed by atoms with Gasteiger partial charge in [0.1, 0.15) is 10.5 Å². The average molecular weight is 451 g/mol. The summed E-state index contributed by atoms with van der Waals surface area (Å²) in [4.78, 5) is 17.6. The largest absolute Gasteiger partial charge is 0.493 e. The van der Waals surface area contributed by atoms with E-state index in [1.54, 1.807) is 6.20 Å². The number of hydroxylamine groups is 1. The lowest BCUT2D eigenvalue weighted by atomic mass is 9.98. The van der Waals surface area contributed by atoms with Gasteiger partial charge in [0.25, 0.3) is 5.91 Å². The number of nitrogens with one attached hydrogen (secondary N) is 1. The number of thioether (sulfide) groups is 1. The molecule has 1 fully saturated rings. The van der Waals surface area contributed by atoms with Gasteiger partial charge < -0.3 is 9.47 Å². The summed E-state index contributed by atoms with van der Waals surface area (Å²) in [5.74, 6) is 0.405. The maximum Gasteiger partial charge on any atom is 0.260 e. The van der Waals surface area contributed by atoms with Gasteiger partial charge in [-0.2, -0.15) is 0 Å². The van der Waals surface area contributed by atoms with E-state index in [1.165, 1.54) is 17.3 Å². The van der Waals surface area contributed by atoms with Crippen molar-refractivity contribution >= 4 is 17.7 Å². The lowest BCUT2D eigenvalue weighted by molar-refractivity contribution is -0.134. The number of hydrogen-bond donors (Lipinski definition) is 2. The molecule has 32 heavy (non-hydrogen) atoms. The maximum absolute atomic E-state index is 12.3. The minimum atomic E-state index is -0.714. The van der Waals surface area contributed by atoms with Gasteiger partial charge in [-0.25, -0.2) is 5.48 Å². The zero-order valence-electron chi connectivity index (χ0n) is 17.7. The van der Waals surface area contributed by atoms with Crippen molar-refractivity contribution in [2.24, 2.45) is 0 Å². The van der Waals surface area contributed by atoms with Crippen LogP contribution in [0.4, 0.5) is 0 Å². The van der Waals surface area contributed by atoms with Gasteiger partial charge in [-0.05, 0) is 60.9 Å². The van der Waals surface area contributed by atoms with Gasteiger partial charge in [0.2, 0.25) is 0 Å². The van der Waals surface area contributed by atoms with Crippen LogP contribution in [-0.2, 0) is 16.0 Å². The fourth-order valence-corrected chi connectivity index (χ4v) is 4.95. The van der Waals surface area contributed by atoms with E-state index >= 15 is 0 Å². The topological polar surface area (TPSA) is 80.7 Å². The van der Waals surface area contributed by atoms with E-state index < -0.39 is 4.75 Å². The number of carbonyl (C=O) groups excluding carboxylic acids is 1. The highest BCUT2D eigenvalue weighted by atomic mass is 32.2. The molecular formula is C25H26N2O4S. The molecule has 2 heterocycles. The summed E-state index contributed by atoms with van der Waals surface area (Å²) in [6, 6.07) is 22.0. The Balaban J connectivity index is 1.33. The number of amides is 1. The summed E-state index contributed by atoms with van der Waals surface area (Å²) >= 11 is 1.46. The first kappa shape index (κ1) is 22.3. The lowest BCUT2D eigenvalue weighted by Crippen LogP contribution is -2.46. The molecule has 0 aliphatic carbocycles. The van der Waals surface area contributed by atoms with Crippen LogP contribution in [0.2, 0.25) is 0 Å². The lowest BCUT2D eigenvalue weighted by Gasteiger charge is -2.34. The molecule has 1 aromatic heterocycles. The van der Waals surface area contributed by atoms with Crippen LogP contribution in [0.1, 0.15) is 18.4 Å². The second-order valence-corrected chi connectivity index (χ2v) is 9.09. The highest BCUT2D eigenvalue weighted by molar-refractivity contribution is 8.01. The Bertz CT molecular complexity index is 1020. The van der Waals surface area contributed by atoms with Crippen molar-refractivity contribution in [3.63, 3.8) is 0 Å². The minimum absolute atomic E-state index is 0.376. The predicted molar refractivity (Wildman–Crippen MR) is 124 cm³/mol. The Morgan fingerprint density at radius 3 is 2.62 bits per heavy atom. The Morgan fingerprint density at radius 1 is 1.09 bits per heavy atom. The maximum atomic E-state index is 12.3. The molecule has 0 bridgehead atoms. The molecule has 166 valence electrons. The van der Waals surface area contributed by atoms with Gasteiger partial charge in [-0.3, -0.25) is 15.0 Å². The van der Waals surface area contributed by atoms with Crippen LogP contribution in [0.25, 0.3) is 11.3 Å². The van der Waals surface area contributed by atoms with Crippen LogP contribution in [-0.4, -0.2) is 40.7 Å². The van der Waals surface area contributed by atoms with Gasteiger partial charge in [-0.1, -0.05) is 24.3 Å². The summed E-state index contributed by atoms with van der Waals surface area (Å²) in [7, 11) is 0. The van der Waals surface area contributed by atoms with Crippen LogP contribution in [0, 0.1) is 0 Å². The summed E-state index contributed by atoms with van der Waals surface area (Å²) in [6.07, 6.45) is 3.70. The van der Waals surface area contributed by atoms with Crippen molar-refractivity contribution in [1.29, 1.82) is 0 Å². The van der Waals surface area contributed by atoms with E-state index in [-0.39, 0.29) is 5.91 Å². The smallest absolute Gasteiger partial charge is 0.260 e. The third-order valence-electron chi connectivity index (χ3n) is 5.50. The molecule has 1 aliphatic heterocycles. The van der Waals surface area contributed by atoms with Gasteiger partial charge >= 0.3 is 0 Å². The average Bonchev–Trinajstić information content (AvgIpc) is 2.86. The minimum Gasteiger partial charge on any atom is -0.493 e. The van der Waals surface area contributed by atoms with Crippen LogP contribution >= 0.6 is 11.8 Å². The van der Waals surface area contributed by atoms with Crippen molar-refractivity contribution in [1.82, 2.24) is 10.5 Å². The van der Waals surface area contributed by atoms with Gasteiger partial charge in [0.05, 0.1) is 12.3 Å². The summed E-state index contributed by atoms with van der Waals surface area (Å²) in [6.45, 7) is 1.57. The van der Waals surface area contributed by atoms with Crippen molar-refractivity contribution < 1.29 is 19.5 Å². The third kappa shape index (κ3) is 5.48. The summed E-state index contributed by atoms with van der Waals surface area (Å²) < 4.78 is 10.6. The first-order chi connectivity index (χ1) is 15.7. The SMILES string of the molecule is O=C(NO)C1(Sc2ccc(OCCc3cccc(-c4ccccn4)c3)cc2)CCOCC1. The molecule has 0 atom stereocenters. The molecule has 4 rings (SSSR count). The molecule has 2 N–H and O–H groups in total. The number of nitrogens with zero attached hydrogens (tertiary/aromatic N) is 1. The van der Waals surface area contributed by atoms with E-state index in [4.69, 9.17) is 9.47 Å². The van der Waals surface area contributed by atoms with Crippen molar-refractivity contribution in [2.75, 3.05) is 19.8 Å². The third-order valence-corrected chi connectivity index (χ3v) is 6.99. The summed E-state index contributed by atoms with van der Waals surface area (Å²) in [5.41, 5.74) is 5.07. The molecule has 0 saturated carbocycles. The second kappa shape index (κ2) is 10.6. The number of ether oxygens (including phenoxy) is 2. The standard InChI is InChI=1S/C25H26N2O4S/c28-24(27-29)25(12-16-30-17-13-25)32-22-9-7-21(8-10-22)31-15-11-19-4-3-5-20(18-19)23-6-1-2-14-26-23/h1-10,14,18,29H,11-13,15-17H2,(H,27,28).